The Morgan fingerprint density at radius 2 is 2.11 bits per heavy atom. The van der Waals surface area contributed by atoms with E-state index in [1.165, 1.54) is 19.4 Å². The fourth-order valence-corrected chi connectivity index (χ4v) is 4.27. The molecule has 146 valence electrons. The van der Waals surface area contributed by atoms with Crippen LogP contribution in [0.4, 0.5) is 0 Å². The van der Waals surface area contributed by atoms with Crippen LogP contribution in [0.2, 0.25) is 5.02 Å². The number of aromatic nitrogens is 1. The van der Waals surface area contributed by atoms with Gasteiger partial charge in [0.05, 0.1) is 5.52 Å². The van der Waals surface area contributed by atoms with E-state index in [1.54, 1.807) is 12.3 Å². The van der Waals surface area contributed by atoms with Crippen LogP contribution in [0.5, 0.6) is 5.75 Å². The predicted molar refractivity (Wildman–Crippen MR) is 116 cm³/mol. The highest BCUT2D eigenvalue weighted by Gasteiger charge is 2.19. The first kappa shape index (κ1) is 19.2. The third kappa shape index (κ3) is 4.14. The number of hydrogen-bond acceptors (Lipinski definition) is 4. The minimum atomic E-state index is 0.329. The van der Waals surface area contributed by atoms with Crippen molar-refractivity contribution in [3.05, 3.63) is 59.2 Å². The minimum Gasteiger partial charge on any atom is -0.508 e. The molecule has 1 aromatic heterocycles. The van der Waals surface area contributed by atoms with E-state index in [0.717, 1.165) is 40.6 Å². The molecule has 4 rings (SSSR count). The van der Waals surface area contributed by atoms with Crippen molar-refractivity contribution in [2.45, 2.75) is 31.8 Å². The van der Waals surface area contributed by atoms with Gasteiger partial charge >= 0.3 is 0 Å². The van der Waals surface area contributed by atoms with E-state index in [0.29, 0.717) is 23.4 Å². The molecule has 0 bridgehead atoms. The number of nitrogens with one attached hydrogen (secondary N) is 1. The molecule has 1 atom stereocenters. The summed E-state index contributed by atoms with van der Waals surface area (Å²) in [7, 11) is 2.21. The first-order chi connectivity index (χ1) is 13.6. The lowest BCUT2D eigenvalue weighted by Gasteiger charge is -2.19. The molecule has 0 amide bonds. The molecule has 1 aliphatic rings. The SMILES string of the molecule is CN1CCC[C@H]1CCNCc1cc(-c2ccnc3cc(Cl)ccc23)ccc1O. The van der Waals surface area contributed by atoms with Gasteiger partial charge in [0.15, 0.2) is 0 Å². The fourth-order valence-electron chi connectivity index (χ4n) is 4.10. The zero-order valence-corrected chi connectivity index (χ0v) is 16.9. The van der Waals surface area contributed by atoms with Gasteiger partial charge in [0.2, 0.25) is 0 Å². The Labute approximate surface area is 171 Å². The van der Waals surface area contributed by atoms with Crippen molar-refractivity contribution in [2.75, 3.05) is 20.1 Å². The molecular formula is C23H26ClN3O. The first-order valence-corrected chi connectivity index (χ1v) is 10.3. The summed E-state index contributed by atoms with van der Waals surface area (Å²) in [6.45, 7) is 2.82. The Bertz CT molecular complexity index is 975. The van der Waals surface area contributed by atoms with Crippen LogP contribution in [0, 0.1) is 0 Å². The van der Waals surface area contributed by atoms with Gasteiger partial charge in [-0.05, 0) is 80.9 Å². The summed E-state index contributed by atoms with van der Waals surface area (Å²) in [5.74, 6) is 0.329. The van der Waals surface area contributed by atoms with E-state index in [4.69, 9.17) is 11.6 Å². The monoisotopic (exact) mass is 395 g/mol. The Kier molecular flexibility index (Phi) is 5.81. The predicted octanol–water partition coefficient (Wildman–Crippen LogP) is 4.83. The van der Waals surface area contributed by atoms with Gasteiger partial charge in [-0.1, -0.05) is 23.7 Å². The largest absolute Gasteiger partial charge is 0.508 e. The molecule has 2 heterocycles. The van der Waals surface area contributed by atoms with Crippen LogP contribution in [-0.2, 0) is 6.54 Å². The van der Waals surface area contributed by atoms with Gasteiger partial charge in [-0.25, -0.2) is 0 Å². The second kappa shape index (κ2) is 8.48. The molecule has 0 unspecified atom stereocenters. The normalized spacial score (nSPS) is 17.4. The van der Waals surface area contributed by atoms with Gasteiger partial charge in [-0.3, -0.25) is 4.98 Å². The van der Waals surface area contributed by atoms with Gasteiger partial charge in [-0.15, -0.1) is 0 Å². The van der Waals surface area contributed by atoms with E-state index in [9.17, 15) is 5.11 Å². The van der Waals surface area contributed by atoms with Gasteiger partial charge in [0.1, 0.15) is 5.75 Å². The van der Waals surface area contributed by atoms with Crippen LogP contribution in [0.3, 0.4) is 0 Å². The summed E-state index contributed by atoms with van der Waals surface area (Å²) in [5.41, 5.74) is 3.95. The van der Waals surface area contributed by atoms with Crippen molar-refractivity contribution in [1.29, 1.82) is 0 Å². The molecule has 2 aromatic carbocycles. The molecule has 1 aliphatic heterocycles. The number of likely N-dealkylation sites (tertiary alicyclic amines) is 1. The summed E-state index contributed by atoms with van der Waals surface area (Å²) < 4.78 is 0. The van der Waals surface area contributed by atoms with Crippen LogP contribution in [-0.4, -0.2) is 41.2 Å². The van der Waals surface area contributed by atoms with Crippen molar-refractivity contribution in [3.63, 3.8) is 0 Å². The van der Waals surface area contributed by atoms with E-state index in [1.807, 2.05) is 30.3 Å². The standard InChI is InChI=1S/C23H26ClN3O/c1-27-12-2-3-19(27)8-10-25-15-17-13-16(4-7-23(17)28)20-9-11-26-22-14-18(24)5-6-21(20)22/h4-7,9,11,13-14,19,25,28H,2-3,8,10,12,15H2,1H3/t19-/m0/s1. The van der Waals surface area contributed by atoms with Crippen LogP contribution in [0.1, 0.15) is 24.8 Å². The molecule has 4 nitrogen and oxygen atoms in total. The van der Waals surface area contributed by atoms with Gasteiger partial charge in [0.25, 0.3) is 0 Å². The zero-order chi connectivity index (χ0) is 19.5. The average Bonchev–Trinajstić information content (AvgIpc) is 3.10. The first-order valence-electron chi connectivity index (χ1n) is 9.89. The highest BCUT2D eigenvalue weighted by atomic mass is 35.5. The number of phenols is 1. The molecule has 5 heteroatoms. The Balaban J connectivity index is 1.50. The Morgan fingerprint density at radius 3 is 2.93 bits per heavy atom. The number of pyridine rings is 1. The number of fused-ring (bicyclic) bond motifs is 1. The molecule has 0 spiro atoms. The topological polar surface area (TPSA) is 48.4 Å². The van der Waals surface area contributed by atoms with E-state index in [2.05, 4.69) is 28.3 Å². The molecule has 1 fully saturated rings. The number of phenolic OH excluding ortho intramolecular Hbond substituents is 1. The van der Waals surface area contributed by atoms with Crippen LogP contribution in [0.15, 0.2) is 48.7 Å². The minimum absolute atomic E-state index is 0.329. The maximum absolute atomic E-state index is 10.3. The highest BCUT2D eigenvalue weighted by Crippen LogP contribution is 2.31. The third-order valence-corrected chi connectivity index (χ3v) is 5.97. The van der Waals surface area contributed by atoms with Crippen LogP contribution in [0.25, 0.3) is 22.0 Å². The lowest BCUT2D eigenvalue weighted by Crippen LogP contribution is -2.29. The number of nitrogens with zero attached hydrogens (tertiary/aromatic N) is 2. The Hall–Kier alpha value is -2.14. The highest BCUT2D eigenvalue weighted by molar-refractivity contribution is 6.31. The lowest BCUT2D eigenvalue weighted by molar-refractivity contribution is 0.293. The number of rotatable bonds is 6. The van der Waals surface area contributed by atoms with Crippen LogP contribution < -0.4 is 5.32 Å². The number of aromatic hydroxyl groups is 1. The Morgan fingerprint density at radius 1 is 1.21 bits per heavy atom. The van der Waals surface area contributed by atoms with Crippen molar-refractivity contribution < 1.29 is 5.11 Å². The molecule has 0 radical (unpaired) electrons. The quantitative estimate of drug-likeness (QED) is 0.586. The van der Waals surface area contributed by atoms with Crippen molar-refractivity contribution in [1.82, 2.24) is 15.2 Å². The maximum atomic E-state index is 10.3. The summed E-state index contributed by atoms with van der Waals surface area (Å²) in [5, 5.41) is 15.5. The summed E-state index contributed by atoms with van der Waals surface area (Å²) in [6.07, 6.45) is 5.54. The number of hydrogen-bond donors (Lipinski definition) is 2. The maximum Gasteiger partial charge on any atom is 0.120 e. The second-order valence-corrected chi connectivity index (χ2v) is 8.04. The van der Waals surface area contributed by atoms with Gasteiger partial charge in [0, 0.05) is 34.8 Å². The second-order valence-electron chi connectivity index (χ2n) is 7.61. The molecule has 3 aromatic rings. The molecule has 0 aliphatic carbocycles. The summed E-state index contributed by atoms with van der Waals surface area (Å²) >= 11 is 6.11. The van der Waals surface area contributed by atoms with Gasteiger partial charge < -0.3 is 15.3 Å². The van der Waals surface area contributed by atoms with Crippen molar-refractivity contribution >= 4 is 22.5 Å². The third-order valence-electron chi connectivity index (χ3n) is 5.74. The molecule has 28 heavy (non-hydrogen) atoms. The average molecular weight is 396 g/mol. The summed E-state index contributed by atoms with van der Waals surface area (Å²) in [6, 6.07) is 14.3. The van der Waals surface area contributed by atoms with Gasteiger partial charge in [-0.2, -0.15) is 0 Å². The smallest absolute Gasteiger partial charge is 0.120 e. The number of halogens is 1. The molecule has 1 saturated heterocycles. The van der Waals surface area contributed by atoms with E-state index in [-0.39, 0.29) is 0 Å². The zero-order valence-electron chi connectivity index (χ0n) is 16.2. The summed E-state index contributed by atoms with van der Waals surface area (Å²) in [4.78, 5) is 6.87. The van der Waals surface area contributed by atoms with E-state index >= 15 is 0 Å². The molecule has 0 saturated carbocycles. The van der Waals surface area contributed by atoms with Crippen LogP contribution >= 0.6 is 11.6 Å². The number of benzene rings is 2. The fraction of sp³-hybridized carbons (Fsp3) is 0.348. The van der Waals surface area contributed by atoms with Crippen molar-refractivity contribution in [3.8, 4) is 16.9 Å². The lowest BCUT2D eigenvalue weighted by atomic mass is 9.99. The molecule has 2 N–H and O–H groups in total. The van der Waals surface area contributed by atoms with Crippen molar-refractivity contribution in [2.24, 2.45) is 0 Å². The van der Waals surface area contributed by atoms with E-state index < -0.39 is 0 Å². The molecular weight excluding hydrogens is 370 g/mol.